The van der Waals surface area contributed by atoms with Crippen molar-refractivity contribution < 1.29 is 30.5 Å². The van der Waals surface area contributed by atoms with E-state index in [1.807, 2.05) is 13.8 Å². The van der Waals surface area contributed by atoms with Gasteiger partial charge in [0, 0.05) is 11.0 Å². The van der Waals surface area contributed by atoms with Crippen LogP contribution in [0.5, 0.6) is 0 Å². The van der Waals surface area contributed by atoms with Gasteiger partial charge >= 0.3 is 0 Å². The molecule has 45 heavy (non-hydrogen) atoms. The second kappa shape index (κ2) is 14.0. The van der Waals surface area contributed by atoms with E-state index in [1.165, 1.54) is 28.5 Å². The lowest BCUT2D eigenvalue weighted by Gasteiger charge is -2.28. The minimum absolute atomic E-state index is 0.0146. The van der Waals surface area contributed by atoms with Crippen molar-refractivity contribution in [3.8, 4) is 0 Å². The van der Waals surface area contributed by atoms with E-state index in [4.69, 9.17) is 0 Å². The first-order valence-corrected chi connectivity index (χ1v) is 16.7. The molecule has 0 spiro atoms. The molecule has 0 fully saturated rings. The van der Waals surface area contributed by atoms with E-state index in [0.717, 1.165) is 5.56 Å². The molecule has 0 aliphatic rings. The highest BCUT2D eigenvalue weighted by Crippen LogP contribution is 2.39. The molecule has 0 aliphatic heterocycles. The highest BCUT2D eigenvalue weighted by Gasteiger charge is 2.37. The molecule has 0 heterocycles. The molecule has 0 unspecified atom stereocenters. The zero-order valence-electron chi connectivity index (χ0n) is 25.1. The first kappa shape index (κ1) is 34.0. The van der Waals surface area contributed by atoms with Crippen molar-refractivity contribution in [1.82, 2.24) is 0 Å². The molecule has 5 rings (SSSR count). The standard InChI is InChI=1S/C18H18F4O3S.C18H15S/c1-9(2)10-5-7-11(8-6-10)18(3,4)12-13(19)15(21)17(26(23,24)25)16(22)14(12)20;1-4-10-16(11-5-1)19(17-12-6-2-7-13-17)18-14-8-3-9-15-18/h5-9H,1-4H3,(H,23,24,25);1-15H/q;+1/p-1. The van der Waals surface area contributed by atoms with Crippen LogP contribution in [0, 0.1) is 23.3 Å². The second-order valence-electron chi connectivity index (χ2n) is 11.1. The minimum atomic E-state index is -5.73. The van der Waals surface area contributed by atoms with Crippen LogP contribution in [0.2, 0.25) is 0 Å². The van der Waals surface area contributed by atoms with E-state index >= 15 is 0 Å². The summed E-state index contributed by atoms with van der Waals surface area (Å²) in [5.41, 5.74) is -1.21. The third-order valence-electron chi connectivity index (χ3n) is 7.33. The molecule has 0 saturated carbocycles. The van der Waals surface area contributed by atoms with E-state index in [9.17, 15) is 30.5 Å². The van der Waals surface area contributed by atoms with Crippen molar-refractivity contribution in [2.75, 3.05) is 0 Å². The summed E-state index contributed by atoms with van der Waals surface area (Å²) < 4.78 is 89.8. The van der Waals surface area contributed by atoms with Gasteiger partial charge in [0.05, 0.1) is 10.9 Å². The minimum Gasteiger partial charge on any atom is -0.744 e. The lowest BCUT2D eigenvalue weighted by Crippen LogP contribution is -2.26. The summed E-state index contributed by atoms with van der Waals surface area (Å²) in [5.74, 6) is -8.05. The van der Waals surface area contributed by atoms with Crippen LogP contribution in [0.25, 0.3) is 0 Å². The molecule has 0 bridgehead atoms. The number of hydrogen-bond donors (Lipinski definition) is 0. The normalized spacial score (nSPS) is 11.8. The van der Waals surface area contributed by atoms with E-state index in [1.54, 1.807) is 24.3 Å². The smallest absolute Gasteiger partial charge is 0.179 e. The van der Waals surface area contributed by atoms with Crippen LogP contribution in [0.1, 0.15) is 50.3 Å². The molecule has 0 N–H and O–H groups in total. The summed E-state index contributed by atoms with van der Waals surface area (Å²) in [6.07, 6.45) is 0. The number of halogens is 4. The SMILES string of the molecule is CC(C)c1ccc(C(C)(C)c2c(F)c(F)c(S(=O)(=O)[O-])c(F)c2F)cc1.c1ccc([S+](c2ccccc2)c2ccccc2)cc1. The molecule has 3 nitrogen and oxygen atoms in total. The molecule has 0 radical (unpaired) electrons. The summed E-state index contributed by atoms with van der Waals surface area (Å²) in [4.78, 5) is 1.93. The van der Waals surface area contributed by atoms with Crippen molar-refractivity contribution in [2.45, 2.75) is 58.6 Å². The van der Waals surface area contributed by atoms with Gasteiger partial charge in [-0.2, -0.15) is 0 Å². The lowest BCUT2D eigenvalue weighted by atomic mass is 9.77. The predicted octanol–water partition coefficient (Wildman–Crippen LogP) is 9.38. The Morgan fingerprint density at radius 3 is 1.27 bits per heavy atom. The number of hydrogen-bond acceptors (Lipinski definition) is 3. The van der Waals surface area contributed by atoms with E-state index in [2.05, 4.69) is 91.0 Å². The Balaban J connectivity index is 0.000000214. The van der Waals surface area contributed by atoms with Gasteiger partial charge in [0.15, 0.2) is 38.0 Å². The molecule has 0 aliphatic carbocycles. The van der Waals surface area contributed by atoms with Crippen molar-refractivity contribution in [3.05, 3.63) is 155 Å². The topological polar surface area (TPSA) is 57.2 Å². The molecule has 9 heteroatoms. The maximum atomic E-state index is 14.4. The van der Waals surface area contributed by atoms with Gasteiger partial charge < -0.3 is 4.55 Å². The molecular formula is C36H32F4O3S2. The molecule has 0 aromatic heterocycles. The molecular weight excluding hydrogens is 621 g/mol. The van der Waals surface area contributed by atoms with E-state index < -0.39 is 49.3 Å². The highest BCUT2D eigenvalue weighted by molar-refractivity contribution is 7.97. The molecule has 0 atom stereocenters. The van der Waals surface area contributed by atoms with Crippen molar-refractivity contribution in [1.29, 1.82) is 0 Å². The predicted molar refractivity (Wildman–Crippen MR) is 168 cm³/mol. The molecule has 5 aromatic rings. The molecule has 5 aromatic carbocycles. The van der Waals surface area contributed by atoms with Crippen LogP contribution in [-0.2, 0) is 26.4 Å². The van der Waals surface area contributed by atoms with Gasteiger partial charge in [-0.1, -0.05) is 107 Å². The maximum Gasteiger partial charge on any atom is 0.179 e. The van der Waals surface area contributed by atoms with Gasteiger partial charge in [-0.15, -0.1) is 0 Å². The largest absolute Gasteiger partial charge is 0.744 e. The summed E-state index contributed by atoms with van der Waals surface area (Å²) >= 11 is 0. The number of rotatable bonds is 7. The molecule has 0 amide bonds. The van der Waals surface area contributed by atoms with Crippen molar-refractivity contribution in [3.63, 3.8) is 0 Å². The van der Waals surface area contributed by atoms with Gasteiger partial charge in [0.2, 0.25) is 0 Å². The zero-order chi connectivity index (χ0) is 32.9. The lowest BCUT2D eigenvalue weighted by molar-refractivity contribution is 0.375. The number of benzene rings is 5. The Labute approximate surface area is 264 Å². The zero-order valence-corrected chi connectivity index (χ0v) is 26.7. The van der Waals surface area contributed by atoms with Crippen LogP contribution < -0.4 is 0 Å². The van der Waals surface area contributed by atoms with Gasteiger partial charge in [0.1, 0.15) is 15.0 Å². The van der Waals surface area contributed by atoms with E-state index in [0.29, 0.717) is 5.56 Å². The first-order chi connectivity index (χ1) is 21.2. The van der Waals surface area contributed by atoms with Gasteiger partial charge in [0.25, 0.3) is 0 Å². The Bertz CT molecular complexity index is 1720. The van der Waals surface area contributed by atoms with Crippen molar-refractivity contribution >= 4 is 21.0 Å². The quantitative estimate of drug-likeness (QED) is 0.0762. The fourth-order valence-electron chi connectivity index (χ4n) is 4.89. The second-order valence-corrected chi connectivity index (χ2v) is 14.4. The van der Waals surface area contributed by atoms with Crippen LogP contribution in [0.3, 0.4) is 0 Å². The van der Waals surface area contributed by atoms with E-state index in [-0.39, 0.29) is 16.8 Å². The molecule has 234 valence electrons. The fourth-order valence-corrected chi connectivity index (χ4v) is 7.61. The van der Waals surface area contributed by atoms with Gasteiger partial charge in [-0.05, 0) is 53.4 Å². The average Bonchev–Trinajstić information content (AvgIpc) is 3.02. The third kappa shape index (κ3) is 7.49. The van der Waals surface area contributed by atoms with Gasteiger partial charge in [-0.25, -0.2) is 26.0 Å². The van der Waals surface area contributed by atoms with Crippen LogP contribution in [0.4, 0.5) is 17.6 Å². The average molecular weight is 653 g/mol. The van der Waals surface area contributed by atoms with Gasteiger partial charge in [-0.3, -0.25) is 0 Å². The monoisotopic (exact) mass is 652 g/mol. The summed E-state index contributed by atoms with van der Waals surface area (Å²) in [7, 11) is -5.75. The highest BCUT2D eigenvalue weighted by atomic mass is 32.2. The summed E-state index contributed by atoms with van der Waals surface area (Å²) in [6, 6.07) is 38.7. The Morgan fingerprint density at radius 1 is 0.600 bits per heavy atom. The van der Waals surface area contributed by atoms with Crippen LogP contribution in [0.15, 0.2) is 135 Å². The Kier molecular flexibility index (Phi) is 10.6. The van der Waals surface area contributed by atoms with Crippen molar-refractivity contribution in [2.24, 2.45) is 0 Å². The first-order valence-electron chi connectivity index (χ1n) is 14.1. The summed E-state index contributed by atoms with van der Waals surface area (Å²) in [5, 5.41) is 0. The summed E-state index contributed by atoms with van der Waals surface area (Å²) in [6.45, 7) is 6.57. The Morgan fingerprint density at radius 2 is 0.956 bits per heavy atom. The maximum absolute atomic E-state index is 14.4. The van der Waals surface area contributed by atoms with Crippen LogP contribution in [-0.4, -0.2) is 13.0 Å². The van der Waals surface area contributed by atoms with Crippen LogP contribution >= 0.6 is 0 Å². The fraction of sp³-hybridized carbons (Fsp3) is 0.167. The molecule has 0 saturated heterocycles. The Hall–Kier alpha value is -3.92. The third-order valence-corrected chi connectivity index (χ3v) is 10.4.